The highest BCUT2D eigenvalue weighted by Gasteiger charge is 2.47. The van der Waals surface area contributed by atoms with Crippen LogP contribution >= 0.6 is 0 Å². The lowest BCUT2D eigenvalue weighted by molar-refractivity contribution is -0.143. The van der Waals surface area contributed by atoms with Gasteiger partial charge in [0, 0.05) is 12.6 Å². The summed E-state index contributed by atoms with van der Waals surface area (Å²) >= 11 is 0. The monoisotopic (exact) mass is 623 g/mol. The Morgan fingerprint density at radius 2 is 1.50 bits per heavy atom. The lowest BCUT2D eigenvalue weighted by Crippen LogP contribution is -2.58. The van der Waals surface area contributed by atoms with E-state index >= 15 is 0 Å². The molecule has 2 aliphatic heterocycles. The smallest absolute Gasteiger partial charge is 0.246 e. The molecule has 3 aromatic rings. The van der Waals surface area contributed by atoms with Crippen molar-refractivity contribution >= 4 is 17.7 Å². The van der Waals surface area contributed by atoms with Crippen molar-refractivity contribution in [3.63, 3.8) is 0 Å². The third-order valence-corrected chi connectivity index (χ3v) is 9.73. The first kappa shape index (κ1) is 33.4. The van der Waals surface area contributed by atoms with E-state index in [-0.39, 0.29) is 41.8 Å². The first-order valence-electron chi connectivity index (χ1n) is 16.9. The van der Waals surface area contributed by atoms with E-state index in [0.29, 0.717) is 12.8 Å². The maximum Gasteiger partial charge on any atom is 0.246 e. The number of rotatable bonds is 13. The topological polar surface area (TPSA) is 103 Å². The number of aryl methyl sites for hydroxylation is 1. The first-order valence-corrected chi connectivity index (χ1v) is 16.9. The van der Waals surface area contributed by atoms with Crippen molar-refractivity contribution in [2.75, 3.05) is 13.6 Å². The van der Waals surface area contributed by atoms with Crippen molar-refractivity contribution in [1.29, 1.82) is 0 Å². The molecule has 2 saturated heterocycles. The Morgan fingerprint density at radius 3 is 2.11 bits per heavy atom. The summed E-state index contributed by atoms with van der Waals surface area (Å²) in [5.74, 6) is -0.502. The minimum absolute atomic E-state index is 0.0219. The molecule has 0 spiro atoms. The lowest BCUT2D eigenvalue weighted by atomic mass is 9.90. The van der Waals surface area contributed by atoms with Crippen molar-refractivity contribution in [1.82, 2.24) is 26.2 Å². The van der Waals surface area contributed by atoms with E-state index in [1.165, 1.54) is 11.1 Å². The van der Waals surface area contributed by atoms with Gasteiger partial charge in [-0.1, -0.05) is 97.4 Å². The summed E-state index contributed by atoms with van der Waals surface area (Å²) in [5.41, 5.74) is 4.42. The van der Waals surface area contributed by atoms with E-state index in [2.05, 4.69) is 52.5 Å². The van der Waals surface area contributed by atoms with Gasteiger partial charge in [-0.15, -0.1) is 0 Å². The van der Waals surface area contributed by atoms with E-state index in [4.69, 9.17) is 0 Å². The summed E-state index contributed by atoms with van der Waals surface area (Å²) in [4.78, 5) is 43.7. The second-order valence-electron chi connectivity index (χ2n) is 12.8. The van der Waals surface area contributed by atoms with Crippen LogP contribution in [0.15, 0.2) is 84.9 Å². The van der Waals surface area contributed by atoms with Crippen molar-refractivity contribution < 1.29 is 14.4 Å². The second-order valence-corrected chi connectivity index (χ2v) is 12.8. The van der Waals surface area contributed by atoms with E-state index in [0.717, 1.165) is 49.9 Å². The zero-order valence-corrected chi connectivity index (χ0v) is 27.4. The minimum atomic E-state index is -0.687. The van der Waals surface area contributed by atoms with Gasteiger partial charge in [0.1, 0.15) is 12.1 Å². The van der Waals surface area contributed by atoms with Crippen LogP contribution in [0.3, 0.4) is 0 Å². The normalized spacial score (nSPS) is 21.8. The van der Waals surface area contributed by atoms with E-state index in [1.807, 2.05) is 72.5 Å². The van der Waals surface area contributed by atoms with E-state index in [9.17, 15) is 14.4 Å². The van der Waals surface area contributed by atoms with Crippen molar-refractivity contribution in [3.05, 3.63) is 107 Å². The van der Waals surface area contributed by atoms with Crippen LogP contribution < -0.4 is 21.3 Å². The molecule has 0 radical (unpaired) electrons. The van der Waals surface area contributed by atoms with Crippen LogP contribution in [0.5, 0.6) is 0 Å². The van der Waals surface area contributed by atoms with Gasteiger partial charge in [0.15, 0.2) is 0 Å². The van der Waals surface area contributed by atoms with Crippen LogP contribution in [-0.2, 0) is 20.9 Å². The summed E-state index contributed by atoms with van der Waals surface area (Å²) < 4.78 is 0. The Balaban J connectivity index is 1.33. The maximum atomic E-state index is 14.5. The number of nitrogens with one attached hydrogen (secondary N) is 4. The number of amides is 3. The molecule has 5 atom stereocenters. The molecule has 0 bridgehead atoms. The Morgan fingerprint density at radius 1 is 0.870 bits per heavy atom. The average Bonchev–Trinajstić information content (AvgIpc) is 3.47. The molecule has 3 aromatic carbocycles. The predicted octanol–water partition coefficient (Wildman–Crippen LogP) is 4.63. The molecule has 2 heterocycles. The zero-order chi connectivity index (χ0) is 32.5. The highest BCUT2D eigenvalue weighted by atomic mass is 16.2. The summed E-state index contributed by atoms with van der Waals surface area (Å²) in [6, 6.07) is 26.3. The Hall–Kier alpha value is -4.01. The molecular formula is C38H49N5O3. The minimum Gasteiger partial charge on any atom is -0.343 e. The summed E-state index contributed by atoms with van der Waals surface area (Å²) in [7, 11) is 1.77. The highest BCUT2D eigenvalue weighted by molar-refractivity contribution is 5.94. The van der Waals surface area contributed by atoms with Crippen LogP contribution in [0, 0.1) is 12.8 Å². The van der Waals surface area contributed by atoms with Gasteiger partial charge in [-0.25, -0.2) is 0 Å². The van der Waals surface area contributed by atoms with Crippen molar-refractivity contribution in [2.24, 2.45) is 5.92 Å². The third-order valence-electron chi connectivity index (χ3n) is 9.73. The number of hydrogen-bond donors (Lipinski definition) is 4. The van der Waals surface area contributed by atoms with E-state index in [1.54, 1.807) is 7.05 Å². The van der Waals surface area contributed by atoms with Crippen molar-refractivity contribution in [3.8, 4) is 0 Å². The number of fused-ring (bicyclic) bond motifs is 1. The van der Waals surface area contributed by atoms with Gasteiger partial charge in [-0.2, -0.15) is 0 Å². The summed E-state index contributed by atoms with van der Waals surface area (Å²) in [6.45, 7) is 5.51. The molecule has 3 amide bonds. The molecule has 8 nitrogen and oxygen atoms in total. The number of carbonyl (C=O) groups is 3. The molecule has 0 saturated carbocycles. The summed E-state index contributed by atoms with van der Waals surface area (Å²) in [5, 5.41) is 13.0. The molecular weight excluding hydrogens is 574 g/mol. The standard InChI is InChI=1S/C38H49N5O3/c1-4-32(39-3)36(44)42-35-30(23-24-40-25-27-17-15-26(2)16-18-27)19-20-31-21-22-33(43(31)38(35)46)37(45)41-34(28-11-7-5-8-12-28)29-13-9-6-10-14-29/h5-18,30-35,39-40H,4,19-25H2,1-3H3,(H,41,45)(H,42,44). The molecule has 2 aliphatic rings. The Labute approximate surface area is 273 Å². The molecule has 4 N–H and O–H groups in total. The highest BCUT2D eigenvalue weighted by Crippen LogP contribution is 2.35. The van der Waals surface area contributed by atoms with E-state index < -0.39 is 12.1 Å². The number of nitrogens with zero attached hydrogens (tertiary/aromatic N) is 1. The fourth-order valence-corrected chi connectivity index (χ4v) is 7.07. The van der Waals surface area contributed by atoms with Gasteiger partial charge in [-0.05, 0) is 81.6 Å². The SMILES string of the molecule is CCC(NC)C(=O)NC1C(=O)N2C(CCC1CCNCc1ccc(C)cc1)CCC2C(=O)NC(c1ccccc1)c1ccccc1. The number of benzene rings is 3. The molecule has 5 rings (SSSR count). The average molecular weight is 624 g/mol. The largest absolute Gasteiger partial charge is 0.343 e. The zero-order valence-electron chi connectivity index (χ0n) is 27.4. The second kappa shape index (κ2) is 16.0. The van der Waals surface area contributed by atoms with Gasteiger partial charge in [0.05, 0.1) is 12.1 Å². The van der Waals surface area contributed by atoms with Crippen molar-refractivity contribution in [2.45, 2.75) is 89.1 Å². The Kier molecular flexibility index (Phi) is 11.6. The van der Waals surface area contributed by atoms with Crippen LogP contribution in [0.25, 0.3) is 0 Å². The summed E-state index contributed by atoms with van der Waals surface area (Å²) in [6.07, 6.45) is 4.37. The van der Waals surface area contributed by atoms with Crippen LogP contribution in [-0.4, -0.2) is 60.4 Å². The number of likely N-dealkylation sites (N-methyl/N-ethyl adjacent to an activating group) is 1. The molecule has 244 valence electrons. The van der Waals surface area contributed by atoms with Gasteiger partial charge < -0.3 is 26.2 Å². The maximum absolute atomic E-state index is 14.5. The van der Waals surface area contributed by atoms with Gasteiger partial charge in [0.2, 0.25) is 17.7 Å². The van der Waals surface area contributed by atoms with Gasteiger partial charge >= 0.3 is 0 Å². The molecule has 0 aliphatic carbocycles. The molecule has 46 heavy (non-hydrogen) atoms. The van der Waals surface area contributed by atoms with Crippen LogP contribution in [0.2, 0.25) is 0 Å². The fourth-order valence-electron chi connectivity index (χ4n) is 7.07. The molecule has 0 aromatic heterocycles. The van der Waals surface area contributed by atoms with Gasteiger partial charge in [0.25, 0.3) is 0 Å². The first-order chi connectivity index (χ1) is 22.4. The Bertz CT molecular complexity index is 1390. The third kappa shape index (κ3) is 8.03. The molecule has 2 fully saturated rings. The molecule has 5 unspecified atom stereocenters. The van der Waals surface area contributed by atoms with Crippen LogP contribution in [0.4, 0.5) is 0 Å². The van der Waals surface area contributed by atoms with Gasteiger partial charge in [-0.3, -0.25) is 14.4 Å². The number of hydrogen-bond acceptors (Lipinski definition) is 5. The predicted molar refractivity (Wildman–Crippen MR) is 182 cm³/mol. The molecule has 8 heteroatoms. The fraction of sp³-hybridized carbons (Fsp3) is 0.447. The lowest BCUT2D eigenvalue weighted by Gasteiger charge is -2.33. The van der Waals surface area contributed by atoms with Crippen LogP contribution in [0.1, 0.15) is 73.7 Å². The number of carbonyl (C=O) groups excluding carboxylic acids is 3. The quantitative estimate of drug-likeness (QED) is 0.208.